The van der Waals surface area contributed by atoms with Crippen LogP contribution in [-0.4, -0.2) is 31.1 Å². The van der Waals surface area contributed by atoms with E-state index in [1.165, 1.54) is 23.3 Å². The topological polar surface area (TPSA) is 52.2 Å². The smallest absolute Gasteiger partial charge is 0.191 e. The highest BCUT2D eigenvalue weighted by Gasteiger charge is 2.08. The minimum Gasteiger partial charge on any atom is -0.361 e. The number of nitrogens with zero attached hydrogens (tertiary/aromatic N) is 1. The van der Waals surface area contributed by atoms with Gasteiger partial charge in [-0.15, -0.1) is 0 Å². The van der Waals surface area contributed by atoms with E-state index >= 15 is 0 Å². The number of halogens is 1. The maximum absolute atomic E-state index is 13.2. The van der Waals surface area contributed by atoms with Gasteiger partial charge in [0, 0.05) is 37.2 Å². The maximum atomic E-state index is 13.2. The highest BCUT2D eigenvalue weighted by Crippen LogP contribution is 2.19. The second-order valence-electron chi connectivity index (χ2n) is 6.09. The van der Waals surface area contributed by atoms with Crippen molar-refractivity contribution in [1.29, 1.82) is 0 Å². The van der Waals surface area contributed by atoms with Crippen LogP contribution in [0.25, 0.3) is 10.9 Å². The van der Waals surface area contributed by atoms with Crippen molar-refractivity contribution in [3.63, 3.8) is 0 Å². The molecule has 1 unspecified atom stereocenters. The van der Waals surface area contributed by atoms with Crippen LogP contribution < -0.4 is 10.6 Å². The molecule has 0 radical (unpaired) electrons. The number of nitrogens with one attached hydrogen (secondary N) is 3. The Morgan fingerprint density at radius 1 is 1.32 bits per heavy atom. The molecule has 0 aliphatic carbocycles. The molecule has 4 nitrogen and oxygen atoms in total. The Hall–Kier alpha value is -2.34. The summed E-state index contributed by atoms with van der Waals surface area (Å²) in [5.74, 6) is 1.02. The van der Waals surface area contributed by atoms with E-state index in [0.717, 1.165) is 36.4 Å². The molecule has 0 amide bonds. The molecule has 1 aromatic carbocycles. The van der Waals surface area contributed by atoms with Gasteiger partial charge in [0.2, 0.25) is 0 Å². The molecular formula is C19H23FN4S. The first-order valence-electron chi connectivity index (χ1n) is 8.39. The number of hydrogen-bond donors (Lipinski definition) is 3. The molecule has 0 aliphatic heterocycles. The van der Waals surface area contributed by atoms with Gasteiger partial charge in [0.25, 0.3) is 0 Å². The first-order chi connectivity index (χ1) is 12.2. The van der Waals surface area contributed by atoms with Gasteiger partial charge in [0.1, 0.15) is 5.82 Å². The monoisotopic (exact) mass is 358 g/mol. The van der Waals surface area contributed by atoms with Crippen LogP contribution in [0.2, 0.25) is 0 Å². The predicted molar refractivity (Wildman–Crippen MR) is 104 cm³/mol. The van der Waals surface area contributed by atoms with Crippen LogP contribution in [0.4, 0.5) is 4.39 Å². The molecule has 0 fully saturated rings. The molecule has 132 valence electrons. The van der Waals surface area contributed by atoms with Crippen LogP contribution in [-0.2, 0) is 6.42 Å². The van der Waals surface area contributed by atoms with Crippen molar-refractivity contribution < 1.29 is 4.39 Å². The maximum Gasteiger partial charge on any atom is 0.191 e. The van der Waals surface area contributed by atoms with Crippen molar-refractivity contribution in [2.75, 3.05) is 20.1 Å². The molecule has 3 aromatic rings. The van der Waals surface area contributed by atoms with Crippen molar-refractivity contribution in [2.45, 2.75) is 19.3 Å². The summed E-state index contributed by atoms with van der Waals surface area (Å²) >= 11 is 1.72. The lowest BCUT2D eigenvalue weighted by Gasteiger charge is -2.15. The van der Waals surface area contributed by atoms with Crippen LogP contribution in [0.1, 0.15) is 24.0 Å². The summed E-state index contributed by atoms with van der Waals surface area (Å²) in [4.78, 5) is 7.40. The quantitative estimate of drug-likeness (QED) is 0.463. The molecular weight excluding hydrogens is 335 g/mol. The zero-order chi connectivity index (χ0) is 17.6. The summed E-state index contributed by atoms with van der Waals surface area (Å²) in [5.41, 5.74) is 3.35. The van der Waals surface area contributed by atoms with Gasteiger partial charge >= 0.3 is 0 Å². The number of rotatable bonds is 6. The summed E-state index contributed by atoms with van der Waals surface area (Å²) in [6, 6.07) is 7.01. The summed E-state index contributed by atoms with van der Waals surface area (Å²) < 4.78 is 13.2. The fourth-order valence-electron chi connectivity index (χ4n) is 2.82. The summed E-state index contributed by atoms with van der Waals surface area (Å²) in [7, 11) is 1.78. The number of thiophene rings is 1. The number of aromatic nitrogens is 1. The van der Waals surface area contributed by atoms with Gasteiger partial charge < -0.3 is 15.6 Å². The van der Waals surface area contributed by atoms with Crippen molar-refractivity contribution in [3.8, 4) is 0 Å². The Labute approximate surface area is 151 Å². The van der Waals surface area contributed by atoms with Crippen LogP contribution in [0.15, 0.2) is 46.2 Å². The van der Waals surface area contributed by atoms with Gasteiger partial charge in [0.05, 0.1) is 0 Å². The molecule has 3 N–H and O–H groups in total. The van der Waals surface area contributed by atoms with E-state index in [9.17, 15) is 4.39 Å². The molecule has 6 heteroatoms. The zero-order valence-electron chi connectivity index (χ0n) is 14.5. The van der Waals surface area contributed by atoms with Crippen LogP contribution >= 0.6 is 11.3 Å². The van der Waals surface area contributed by atoms with Crippen LogP contribution in [0.3, 0.4) is 0 Å². The van der Waals surface area contributed by atoms with Crippen molar-refractivity contribution in [2.24, 2.45) is 4.99 Å². The van der Waals surface area contributed by atoms with E-state index in [1.807, 2.05) is 12.3 Å². The number of hydrogen-bond acceptors (Lipinski definition) is 2. The lowest BCUT2D eigenvalue weighted by Crippen LogP contribution is -2.39. The Morgan fingerprint density at radius 3 is 2.96 bits per heavy atom. The summed E-state index contributed by atoms with van der Waals surface area (Å²) in [6.07, 6.45) is 2.78. The molecule has 1 atom stereocenters. The number of guanidine groups is 1. The number of H-pyrrole nitrogens is 1. The van der Waals surface area contributed by atoms with E-state index in [0.29, 0.717) is 5.92 Å². The van der Waals surface area contributed by atoms with Gasteiger partial charge in [-0.05, 0) is 58.5 Å². The molecule has 0 bridgehead atoms. The lowest BCUT2D eigenvalue weighted by atomic mass is 10.1. The summed E-state index contributed by atoms with van der Waals surface area (Å²) in [5, 5.41) is 12.1. The molecule has 25 heavy (non-hydrogen) atoms. The van der Waals surface area contributed by atoms with Gasteiger partial charge in [-0.25, -0.2) is 4.39 Å². The Kier molecular flexibility index (Phi) is 5.71. The van der Waals surface area contributed by atoms with E-state index < -0.39 is 0 Å². The molecule has 0 spiro atoms. The average molecular weight is 358 g/mol. The van der Waals surface area contributed by atoms with Gasteiger partial charge in [-0.1, -0.05) is 6.92 Å². The van der Waals surface area contributed by atoms with Crippen molar-refractivity contribution in [3.05, 3.63) is 58.2 Å². The Morgan fingerprint density at radius 2 is 2.20 bits per heavy atom. The second-order valence-corrected chi connectivity index (χ2v) is 6.87. The second kappa shape index (κ2) is 8.16. The highest BCUT2D eigenvalue weighted by molar-refractivity contribution is 7.07. The first kappa shape index (κ1) is 17.5. The van der Waals surface area contributed by atoms with Crippen molar-refractivity contribution in [1.82, 2.24) is 15.6 Å². The standard InChI is InChI=1S/C19H23FN4S/c1-13(15-6-8-25-12-15)10-24-19(21-2)22-7-5-14-11-23-18-9-16(20)3-4-17(14)18/h3-4,6,8-9,11-13,23H,5,7,10H2,1-2H3,(H2,21,22,24). The van der Waals surface area contributed by atoms with E-state index in [2.05, 4.69) is 44.4 Å². The van der Waals surface area contributed by atoms with Crippen LogP contribution in [0, 0.1) is 5.82 Å². The Balaban J connectivity index is 1.49. The number of aromatic amines is 1. The SMILES string of the molecule is CN=C(NCCc1c[nH]c2cc(F)ccc12)NCC(C)c1ccsc1. The Bertz CT molecular complexity index is 838. The minimum absolute atomic E-state index is 0.219. The normalized spacial score (nSPS) is 13.2. The number of fused-ring (bicyclic) bond motifs is 1. The predicted octanol–water partition coefficient (Wildman–Crippen LogP) is 3.88. The molecule has 2 heterocycles. The van der Waals surface area contributed by atoms with E-state index in [-0.39, 0.29) is 5.82 Å². The van der Waals surface area contributed by atoms with Gasteiger partial charge in [0.15, 0.2) is 5.96 Å². The summed E-state index contributed by atoms with van der Waals surface area (Å²) in [6.45, 7) is 3.80. The van der Waals surface area contributed by atoms with Crippen LogP contribution in [0.5, 0.6) is 0 Å². The molecule has 3 rings (SSSR count). The largest absolute Gasteiger partial charge is 0.361 e. The third kappa shape index (κ3) is 4.39. The van der Waals surface area contributed by atoms with Gasteiger partial charge in [-0.3, -0.25) is 4.99 Å². The van der Waals surface area contributed by atoms with Crippen molar-refractivity contribution >= 4 is 28.2 Å². The molecule has 0 saturated carbocycles. The first-order valence-corrected chi connectivity index (χ1v) is 9.34. The van der Waals surface area contributed by atoms with Gasteiger partial charge in [-0.2, -0.15) is 11.3 Å². The van der Waals surface area contributed by atoms with E-state index in [4.69, 9.17) is 0 Å². The minimum atomic E-state index is -0.219. The third-order valence-electron chi connectivity index (χ3n) is 4.33. The fourth-order valence-corrected chi connectivity index (χ4v) is 3.61. The molecule has 0 saturated heterocycles. The fraction of sp³-hybridized carbons (Fsp3) is 0.316. The average Bonchev–Trinajstić information content (AvgIpc) is 3.27. The molecule has 2 aromatic heterocycles. The number of benzene rings is 1. The third-order valence-corrected chi connectivity index (χ3v) is 5.03. The molecule has 0 aliphatic rings. The lowest BCUT2D eigenvalue weighted by molar-refractivity contribution is 0.629. The highest BCUT2D eigenvalue weighted by atomic mass is 32.1. The zero-order valence-corrected chi connectivity index (χ0v) is 15.3. The van der Waals surface area contributed by atoms with E-state index in [1.54, 1.807) is 18.4 Å². The number of aliphatic imine (C=N–C) groups is 1.